The Morgan fingerprint density at radius 2 is 2.10 bits per heavy atom. The van der Waals surface area contributed by atoms with Gasteiger partial charge in [-0.05, 0) is 32.0 Å². The molecule has 7 nitrogen and oxygen atoms in total. The van der Waals surface area contributed by atoms with Crippen molar-refractivity contribution in [2.24, 2.45) is 7.05 Å². The summed E-state index contributed by atoms with van der Waals surface area (Å²) in [4.78, 5) is 19.0. The van der Waals surface area contributed by atoms with Crippen LogP contribution in [0.4, 0.5) is 5.69 Å². The van der Waals surface area contributed by atoms with Gasteiger partial charge in [0.25, 0.3) is 5.56 Å². The van der Waals surface area contributed by atoms with Crippen molar-refractivity contribution in [2.75, 3.05) is 5.73 Å². The van der Waals surface area contributed by atoms with Crippen LogP contribution in [-0.2, 0) is 7.05 Å². The van der Waals surface area contributed by atoms with E-state index in [-0.39, 0.29) is 11.6 Å². The van der Waals surface area contributed by atoms with Gasteiger partial charge in [-0.15, -0.1) is 0 Å². The number of hydrogen-bond donors (Lipinski definition) is 2. The highest BCUT2D eigenvalue weighted by atomic mass is 16.5. The van der Waals surface area contributed by atoms with Gasteiger partial charge in [-0.1, -0.05) is 0 Å². The summed E-state index contributed by atoms with van der Waals surface area (Å²) in [7, 11) is 1.83. The van der Waals surface area contributed by atoms with Gasteiger partial charge in [0, 0.05) is 12.7 Å². The van der Waals surface area contributed by atoms with Crippen LogP contribution in [0, 0.1) is 13.8 Å². The first kappa shape index (κ1) is 13.2. The van der Waals surface area contributed by atoms with Crippen molar-refractivity contribution >= 4 is 16.6 Å². The van der Waals surface area contributed by atoms with Gasteiger partial charge >= 0.3 is 6.01 Å². The Bertz CT molecular complexity index is 894. The maximum absolute atomic E-state index is 12.1. The van der Waals surface area contributed by atoms with E-state index in [4.69, 9.17) is 10.5 Å². The van der Waals surface area contributed by atoms with Crippen molar-refractivity contribution in [1.82, 2.24) is 19.7 Å². The molecule has 0 saturated heterocycles. The van der Waals surface area contributed by atoms with Gasteiger partial charge in [-0.2, -0.15) is 10.1 Å². The molecule has 0 radical (unpaired) electrons. The molecular formula is C14H15N5O2. The Morgan fingerprint density at radius 3 is 2.76 bits per heavy atom. The molecule has 2 heterocycles. The van der Waals surface area contributed by atoms with Gasteiger partial charge in [0.1, 0.15) is 5.69 Å². The van der Waals surface area contributed by atoms with E-state index in [1.54, 1.807) is 22.9 Å². The van der Waals surface area contributed by atoms with Gasteiger partial charge in [-0.25, -0.2) is 0 Å². The molecule has 0 fully saturated rings. The average Bonchev–Trinajstić information content (AvgIpc) is 2.66. The van der Waals surface area contributed by atoms with Gasteiger partial charge in [0.05, 0.1) is 16.6 Å². The highest BCUT2D eigenvalue weighted by molar-refractivity contribution is 5.81. The zero-order valence-corrected chi connectivity index (χ0v) is 12.0. The number of aromatic nitrogens is 4. The largest absolute Gasteiger partial charge is 0.422 e. The van der Waals surface area contributed by atoms with Crippen molar-refractivity contribution in [3.63, 3.8) is 0 Å². The van der Waals surface area contributed by atoms with Crippen LogP contribution in [0.2, 0.25) is 0 Å². The van der Waals surface area contributed by atoms with Crippen LogP contribution in [0.3, 0.4) is 0 Å². The molecule has 0 unspecified atom stereocenters. The Kier molecular flexibility index (Phi) is 2.90. The number of rotatable bonds is 2. The van der Waals surface area contributed by atoms with E-state index in [1.165, 1.54) is 0 Å². The molecule has 3 N–H and O–H groups in total. The lowest BCUT2D eigenvalue weighted by Gasteiger charge is -2.06. The number of ether oxygens (including phenoxy) is 1. The molecule has 0 aliphatic carbocycles. The molecule has 0 aliphatic rings. The third-order valence-corrected chi connectivity index (χ3v) is 3.35. The third-order valence-electron chi connectivity index (χ3n) is 3.35. The van der Waals surface area contributed by atoms with E-state index in [0.29, 0.717) is 22.3 Å². The summed E-state index contributed by atoms with van der Waals surface area (Å²) < 4.78 is 7.41. The normalized spacial score (nSPS) is 11.0. The highest BCUT2D eigenvalue weighted by Gasteiger charge is 2.14. The fraction of sp³-hybridized carbons (Fsp3) is 0.214. The fourth-order valence-electron chi connectivity index (χ4n) is 2.18. The van der Waals surface area contributed by atoms with Crippen LogP contribution in [0.5, 0.6) is 11.8 Å². The highest BCUT2D eigenvalue weighted by Crippen LogP contribution is 2.26. The summed E-state index contributed by atoms with van der Waals surface area (Å²) in [5.74, 6) is 0.593. The Hall–Kier alpha value is -2.83. The number of nitrogens with zero attached hydrogens (tertiary/aromatic N) is 3. The molecule has 0 saturated carbocycles. The summed E-state index contributed by atoms with van der Waals surface area (Å²) in [6.45, 7) is 3.72. The summed E-state index contributed by atoms with van der Waals surface area (Å²) in [5.41, 5.74) is 8.02. The van der Waals surface area contributed by atoms with Crippen molar-refractivity contribution < 1.29 is 4.74 Å². The first-order valence-corrected chi connectivity index (χ1v) is 6.43. The van der Waals surface area contributed by atoms with Crippen LogP contribution in [-0.4, -0.2) is 19.7 Å². The van der Waals surface area contributed by atoms with Gasteiger partial charge < -0.3 is 10.5 Å². The molecule has 0 aliphatic heterocycles. The van der Waals surface area contributed by atoms with Crippen LogP contribution in [0.25, 0.3) is 10.9 Å². The SMILES string of the molecule is Cc1nn(C)c(C)c1Oc1nc2ccc(N)cc2c(=O)[nH]1. The number of nitrogens with two attached hydrogens (primary N) is 1. The first-order valence-electron chi connectivity index (χ1n) is 6.43. The van der Waals surface area contributed by atoms with Crippen molar-refractivity contribution in [2.45, 2.75) is 13.8 Å². The monoisotopic (exact) mass is 285 g/mol. The maximum atomic E-state index is 12.1. The zero-order valence-electron chi connectivity index (χ0n) is 12.0. The van der Waals surface area contributed by atoms with Crippen LogP contribution >= 0.6 is 0 Å². The number of hydrogen-bond acceptors (Lipinski definition) is 5. The molecule has 3 aromatic rings. The quantitative estimate of drug-likeness (QED) is 0.697. The van der Waals surface area contributed by atoms with E-state index in [1.807, 2.05) is 20.9 Å². The van der Waals surface area contributed by atoms with Crippen molar-refractivity contribution in [3.05, 3.63) is 39.9 Å². The van der Waals surface area contributed by atoms with E-state index < -0.39 is 0 Å². The Morgan fingerprint density at radius 1 is 1.33 bits per heavy atom. The first-order chi connectivity index (χ1) is 9.95. The number of aromatic amines is 1. The van der Waals surface area contributed by atoms with Gasteiger partial charge in [0.2, 0.25) is 0 Å². The summed E-state index contributed by atoms with van der Waals surface area (Å²) in [6.07, 6.45) is 0. The third kappa shape index (κ3) is 2.22. The fourth-order valence-corrected chi connectivity index (χ4v) is 2.18. The average molecular weight is 285 g/mol. The number of nitrogens with one attached hydrogen (secondary N) is 1. The topological polar surface area (TPSA) is 98.8 Å². The zero-order chi connectivity index (χ0) is 15.1. The van der Waals surface area contributed by atoms with Crippen molar-refractivity contribution in [3.8, 4) is 11.8 Å². The molecule has 0 amide bonds. The minimum absolute atomic E-state index is 0.136. The second kappa shape index (κ2) is 4.62. The second-order valence-electron chi connectivity index (χ2n) is 4.87. The standard InChI is InChI=1S/C14H15N5O2/c1-7-12(8(2)19(3)18-7)21-14-16-11-5-4-9(15)6-10(11)13(20)17-14/h4-6H,15H2,1-3H3,(H,16,17,20). The minimum atomic E-state index is -0.290. The lowest BCUT2D eigenvalue weighted by molar-refractivity contribution is 0.435. The minimum Gasteiger partial charge on any atom is -0.422 e. The molecule has 108 valence electrons. The number of anilines is 1. The van der Waals surface area contributed by atoms with Crippen molar-refractivity contribution in [1.29, 1.82) is 0 Å². The number of fused-ring (bicyclic) bond motifs is 1. The van der Waals surface area contributed by atoms with Crippen LogP contribution in [0.1, 0.15) is 11.4 Å². The van der Waals surface area contributed by atoms with E-state index >= 15 is 0 Å². The Balaban J connectivity index is 2.09. The molecule has 0 bridgehead atoms. The molecule has 7 heteroatoms. The summed E-state index contributed by atoms with van der Waals surface area (Å²) >= 11 is 0. The maximum Gasteiger partial charge on any atom is 0.302 e. The molecule has 3 rings (SSSR count). The van der Waals surface area contributed by atoms with E-state index in [9.17, 15) is 4.79 Å². The molecule has 21 heavy (non-hydrogen) atoms. The predicted molar refractivity (Wildman–Crippen MR) is 79.5 cm³/mol. The molecular weight excluding hydrogens is 270 g/mol. The lowest BCUT2D eigenvalue weighted by atomic mass is 10.2. The van der Waals surface area contributed by atoms with E-state index in [0.717, 1.165) is 11.4 Å². The van der Waals surface area contributed by atoms with Gasteiger partial charge in [-0.3, -0.25) is 14.5 Å². The van der Waals surface area contributed by atoms with E-state index in [2.05, 4.69) is 15.1 Å². The molecule has 1 aromatic carbocycles. The predicted octanol–water partition coefficient (Wildman–Crippen LogP) is 1.65. The smallest absolute Gasteiger partial charge is 0.302 e. The van der Waals surface area contributed by atoms with Crippen LogP contribution in [0.15, 0.2) is 23.0 Å². The van der Waals surface area contributed by atoms with Crippen LogP contribution < -0.4 is 16.0 Å². The number of benzene rings is 1. The van der Waals surface area contributed by atoms with Gasteiger partial charge in [0.15, 0.2) is 5.75 Å². The Labute approximate surface area is 120 Å². The lowest BCUT2D eigenvalue weighted by Crippen LogP contribution is -2.10. The number of H-pyrrole nitrogens is 1. The summed E-state index contributed by atoms with van der Waals surface area (Å²) in [5, 5.41) is 4.69. The molecule has 0 atom stereocenters. The summed E-state index contributed by atoms with van der Waals surface area (Å²) in [6, 6.07) is 5.11. The number of aryl methyl sites for hydroxylation is 2. The molecule has 0 spiro atoms. The second-order valence-corrected chi connectivity index (χ2v) is 4.87. The molecule has 2 aromatic heterocycles. The number of nitrogen functional groups attached to an aromatic ring is 1.